The highest BCUT2D eigenvalue weighted by molar-refractivity contribution is 5.67. The van der Waals surface area contributed by atoms with Gasteiger partial charge in [0.05, 0.1) is 7.11 Å². The van der Waals surface area contributed by atoms with Gasteiger partial charge in [-0.1, -0.05) is 17.7 Å². The van der Waals surface area contributed by atoms with Crippen molar-refractivity contribution in [1.82, 2.24) is 5.32 Å². The van der Waals surface area contributed by atoms with Gasteiger partial charge in [0.2, 0.25) is 0 Å². The van der Waals surface area contributed by atoms with Crippen LogP contribution in [0.2, 0.25) is 0 Å². The van der Waals surface area contributed by atoms with E-state index in [0.717, 1.165) is 37.1 Å². The van der Waals surface area contributed by atoms with Crippen LogP contribution in [0.1, 0.15) is 44.6 Å². The van der Waals surface area contributed by atoms with E-state index in [1.807, 2.05) is 24.3 Å². The third kappa shape index (κ3) is 3.42. The summed E-state index contributed by atoms with van der Waals surface area (Å²) >= 11 is 0. The molecule has 1 N–H and O–H groups in total. The molecule has 1 aromatic rings. The molecular formula is C19H25NO3. The van der Waals surface area contributed by atoms with Crippen LogP contribution >= 0.6 is 0 Å². The second-order valence-corrected chi connectivity index (χ2v) is 6.41. The van der Waals surface area contributed by atoms with Gasteiger partial charge in [0.15, 0.2) is 5.72 Å². The second-order valence-electron chi connectivity index (χ2n) is 6.41. The lowest BCUT2D eigenvalue weighted by molar-refractivity contribution is -0.157. The van der Waals surface area contributed by atoms with E-state index in [1.54, 1.807) is 7.11 Å². The fourth-order valence-electron chi connectivity index (χ4n) is 3.83. The van der Waals surface area contributed by atoms with Crippen LogP contribution in [-0.4, -0.2) is 25.3 Å². The minimum Gasteiger partial charge on any atom is -0.497 e. The first-order valence-electron chi connectivity index (χ1n) is 8.42. The Morgan fingerprint density at radius 3 is 2.61 bits per heavy atom. The van der Waals surface area contributed by atoms with Gasteiger partial charge in [-0.25, -0.2) is 0 Å². The molecule has 3 rings (SSSR count). The Balaban J connectivity index is 1.94. The molecule has 0 radical (unpaired) electrons. The monoisotopic (exact) mass is 315 g/mol. The quantitative estimate of drug-likeness (QED) is 0.684. The normalized spacial score (nSPS) is 24.1. The molecule has 0 bridgehead atoms. The van der Waals surface area contributed by atoms with Crippen molar-refractivity contribution in [3.8, 4) is 5.75 Å². The molecule has 23 heavy (non-hydrogen) atoms. The molecule has 1 aromatic carbocycles. The van der Waals surface area contributed by atoms with Crippen molar-refractivity contribution >= 4 is 5.97 Å². The summed E-state index contributed by atoms with van der Waals surface area (Å²) in [5.74, 6) is 0.606. The molecule has 124 valence electrons. The van der Waals surface area contributed by atoms with Crippen LogP contribution in [0.3, 0.4) is 0 Å². The molecule has 0 saturated carbocycles. The summed E-state index contributed by atoms with van der Waals surface area (Å²) in [6, 6.07) is 8.00. The molecule has 1 heterocycles. The summed E-state index contributed by atoms with van der Waals surface area (Å²) in [7, 11) is 1.66. The highest BCUT2D eigenvalue weighted by atomic mass is 16.6. The van der Waals surface area contributed by atoms with Crippen molar-refractivity contribution in [1.29, 1.82) is 0 Å². The number of ether oxygens (including phenoxy) is 2. The average molecular weight is 315 g/mol. The van der Waals surface area contributed by atoms with Gasteiger partial charge < -0.3 is 9.47 Å². The lowest BCUT2D eigenvalue weighted by Gasteiger charge is -2.43. The zero-order chi connectivity index (χ0) is 16.3. The van der Waals surface area contributed by atoms with Crippen LogP contribution in [-0.2, 0) is 16.0 Å². The zero-order valence-electron chi connectivity index (χ0n) is 14.0. The maximum Gasteiger partial charge on any atom is 0.304 e. The highest BCUT2D eigenvalue weighted by Gasteiger charge is 2.42. The first-order valence-corrected chi connectivity index (χ1v) is 8.42. The average Bonchev–Trinajstić information content (AvgIpc) is 2.55. The Morgan fingerprint density at radius 2 is 1.91 bits per heavy atom. The lowest BCUT2D eigenvalue weighted by atomic mass is 9.79. The van der Waals surface area contributed by atoms with Gasteiger partial charge in [-0.3, -0.25) is 10.1 Å². The molecule has 0 fully saturated rings. The third-order valence-corrected chi connectivity index (χ3v) is 4.84. The number of carbonyl (C=O) groups is 1. The van der Waals surface area contributed by atoms with Crippen molar-refractivity contribution in [2.75, 3.05) is 13.7 Å². The van der Waals surface area contributed by atoms with Gasteiger partial charge in [0.25, 0.3) is 0 Å². The predicted molar refractivity (Wildman–Crippen MR) is 89.3 cm³/mol. The summed E-state index contributed by atoms with van der Waals surface area (Å²) < 4.78 is 11.1. The van der Waals surface area contributed by atoms with Crippen LogP contribution in [0, 0.1) is 0 Å². The molecule has 0 spiro atoms. The van der Waals surface area contributed by atoms with Crippen molar-refractivity contribution in [3.05, 3.63) is 41.0 Å². The van der Waals surface area contributed by atoms with Gasteiger partial charge in [0.1, 0.15) is 5.75 Å². The first kappa shape index (κ1) is 16.1. The van der Waals surface area contributed by atoms with Gasteiger partial charge in [-0.05, 0) is 55.4 Å². The smallest absolute Gasteiger partial charge is 0.304 e. The molecule has 1 atom stereocenters. The van der Waals surface area contributed by atoms with E-state index in [0.29, 0.717) is 6.42 Å². The number of hydrogen-bond acceptors (Lipinski definition) is 4. The van der Waals surface area contributed by atoms with Crippen molar-refractivity contribution in [2.45, 2.75) is 51.2 Å². The van der Waals surface area contributed by atoms with E-state index in [4.69, 9.17) is 9.47 Å². The number of benzene rings is 1. The molecule has 1 aliphatic carbocycles. The second kappa shape index (κ2) is 6.75. The van der Waals surface area contributed by atoms with Crippen molar-refractivity contribution < 1.29 is 14.3 Å². The Hall–Kier alpha value is -1.81. The van der Waals surface area contributed by atoms with Gasteiger partial charge in [-0.15, -0.1) is 0 Å². The van der Waals surface area contributed by atoms with Crippen molar-refractivity contribution in [2.24, 2.45) is 0 Å². The minimum atomic E-state index is -0.672. The van der Waals surface area contributed by atoms with E-state index in [-0.39, 0.29) is 5.97 Å². The summed E-state index contributed by atoms with van der Waals surface area (Å²) in [4.78, 5) is 11.8. The number of nitrogens with one attached hydrogen (secondary N) is 1. The van der Waals surface area contributed by atoms with E-state index < -0.39 is 5.72 Å². The van der Waals surface area contributed by atoms with Gasteiger partial charge >= 0.3 is 5.97 Å². The molecule has 0 amide bonds. The number of hydrogen-bond donors (Lipinski definition) is 1. The number of methoxy groups -OCH3 is 1. The topological polar surface area (TPSA) is 47.6 Å². The molecule has 2 aliphatic rings. The SMILES string of the molecule is COc1ccc(C[C@@]2(OC(C)=O)NCCC3=C2CCCC3)cc1. The maximum atomic E-state index is 11.8. The first-order chi connectivity index (χ1) is 11.1. The summed E-state index contributed by atoms with van der Waals surface area (Å²) in [6.07, 6.45) is 6.31. The lowest BCUT2D eigenvalue weighted by Crippen LogP contribution is -2.55. The highest BCUT2D eigenvalue weighted by Crippen LogP contribution is 2.39. The van der Waals surface area contributed by atoms with Gasteiger partial charge in [0, 0.05) is 19.9 Å². The largest absolute Gasteiger partial charge is 0.497 e. The Morgan fingerprint density at radius 1 is 1.17 bits per heavy atom. The Kier molecular flexibility index (Phi) is 4.71. The van der Waals surface area contributed by atoms with E-state index in [1.165, 1.54) is 30.9 Å². The van der Waals surface area contributed by atoms with Crippen molar-refractivity contribution in [3.63, 3.8) is 0 Å². The standard InChI is InChI=1S/C19H25NO3/c1-14(21)23-19(13-15-7-9-17(22-2)10-8-15)18-6-4-3-5-16(18)11-12-20-19/h7-10,20H,3-6,11-13H2,1-2H3/t19-/m0/s1. The molecule has 4 nitrogen and oxygen atoms in total. The van der Waals surface area contributed by atoms with E-state index in [9.17, 15) is 4.79 Å². The van der Waals surface area contributed by atoms with Gasteiger partial charge in [-0.2, -0.15) is 0 Å². The Bertz CT molecular complexity index is 602. The fraction of sp³-hybridized carbons (Fsp3) is 0.526. The van der Waals surface area contributed by atoms with Crippen LogP contribution in [0.4, 0.5) is 0 Å². The number of rotatable bonds is 4. The summed E-state index contributed by atoms with van der Waals surface area (Å²) in [5, 5.41) is 3.51. The van der Waals surface area contributed by atoms with E-state index >= 15 is 0 Å². The third-order valence-electron chi connectivity index (χ3n) is 4.84. The molecule has 0 saturated heterocycles. The maximum absolute atomic E-state index is 11.8. The van der Waals surface area contributed by atoms with E-state index in [2.05, 4.69) is 5.32 Å². The minimum absolute atomic E-state index is 0.231. The Labute approximate surface area is 137 Å². The zero-order valence-corrected chi connectivity index (χ0v) is 14.0. The van der Waals surface area contributed by atoms with Crippen LogP contribution in [0.5, 0.6) is 5.75 Å². The predicted octanol–water partition coefficient (Wildman–Crippen LogP) is 3.36. The van der Waals surface area contributed by atoms with Crippen LogP contribution in [0.15, 0.2) is 35.4 Å². The number of esters is 1. The summed E-state index contributed by atoms with van der Waals surface area (Å²) in [6.45, 7) is 2.36. The fourth-order valence-corrected chi connectivity index (χ4v) is 3.83. The molecule has 4 heteroatoms. The number of carbonyl (C=O) groups excluding carboxylic acids is 1. The molecular weight excluding hydrogens is 290 g/mol. The summed E-state index contributed by atoms with van der Waals surface area (Å²) in [5.41, 5.74) is 3.26. The van der Waals surface area contributed by atoms with Crippen LogP contribution < -0.4 is 10.1 Å². The van der Waals surface area contributed by atoms with Crippen LogP contribution in [0.25, 0.3) is 0 Å². The molecule has 0 aromatic heterocycles. The molecule has 0 unspecified atom stereocenters. The molecule has 1 aliphatic heterocycles.